The molecule has 0 fully saturated rings. The number of likely N-dealkylation sites (N-methyl/N-ethyl adjacent to an activating group) is 1. The van der Waals surface area contributed by atoms with Crippen LogP contribution in [0.1, 0.15) is 6.92 Å². The number of para-hydroxylation sites is 2. The fourth-order valence-corrected chi connectivity index (χ4v) is 1.58. The van der Waals surface area contributed by atoms with Gasteiger partial charge in [0, 0.05) is 13.6 Å². The zero-order valence-corrected chi connectivity index (χ0v) is 9.55. The molecule has 0 N–H and O–H groups in total. The van der Waals surface area contributed by atoms with Crippen molar-refractivity contribution in [2.24, 2.45) is 0 Å². The van der Waals surface area contributed by atoms with Crippen LogP contribution < -0.4 is 0 Å². The minimum absolute atomic E-state index is 0.102. The van der Waals surface area contributed by atoms with E-state index in [1.165, 1.54) is 0 Å². The first-order chi connectivity index (χ1) is 7.72. The molecule has 0 saturated carbocycles. The smallest absolute Gasteiger partial charge is 0.242 e. The van der Waals surface area contributed by atoms with Crippen LogP contribution in [-0.4, -0.2) is 34.0 Å². The predicted octanol–water partition coefficient (Wildman–Crippen LogP) is 1.51. The highest BCUT2D eigenvalue weighted by molar-refractivity contribution is 5.80. The summed E-state index contributed by atoms with van der Waals surface area (Å²) in [7, 11) is 1.81. The van der Waals surface area contributed by atoms with Crippen molar-refractivity contribution in [3.63, 3.8) is 0 Å². The Bertz CT molecular complexity index is 504. The second-order valence-corrected chi connectivity index (χ2v) is 3.77. The molecule has 0 spiro atoms. The average molecular weight is 217 g/mol. The molecule has 1 aromatic heterocycles. The fraction of sp³-hybridized carbons (Fsp3) is 0.333. The molecule has 84 valence electrons. The van der Waals surface area contributed by atoms with E-state index in [1.54, 1.807) is 18.3 Å². The SMILES string of the molecule is CCN(C)C(=O)Cn1cnc2ccccc21. The lowest BCUT2D eigenvalue weighted by Gasteiger charge is -2.14. The summed E-state index contributed by atoms with van der Waals surface area (Å²) in [5.41, 5.74) is 1.93. The summed E-state index contributed by atoms with van der Waals surface area (Å²) in [6.45, 7) is 3.04. The molecular weight excluding hydrogens is 202 g/mol. The lowest BCUT2D eigenvalue weighted by Crippen LogP contribution is -2.29. The molecule has 0 saturated heterocycles. The van der Waals surface area contributed by atoms with E-state index in [-0.39, 0.29) is 5.91 Å². The van der Waals surface area contributed by atoms with E-state index in [4.69, 9.17) is 0 Å². The number of carbonyl (C=O) groups excluding carboxylic acids is 1. The molecule has 0 bridgehead atoms. The van der Waals surface area contributed by atoms with Crippen molar-refractivity contribution in [1.29, 1.82) is 0 Å². The van der Waals surface area contributed by atoms with Crippen LogP contribution in [-0.2, 0) is 11.3 Å². The van der Waals surface area contributed by atoms with Gasteiger partial charge in [-0.1, -0.05) is 12.1 Å². The number of amides is 1. The Balaban J connectivity index is 2.25. The average Bonchev–Trinajstić information content (AvgIpc) is 2.72. The summed E-state index contributed by atoms with van der Waals surface area (Å²) in [6, 6.07) is 7.82. The second kappa shape index (κ2) is 4.35. The first-order valence-electron chi connectivity index (χ1n) is 5.36. The molecule has 4 nitrogen and oxygen atoms in total. The van der Waals surface area contributed by atoms with Crippen LogP contribution in [0.25, 0.3) is 11.0 Å². The van der Waals surface area contributed by atoms with Crippen LogP contribution in [0.15, 0.2) is 30.6 Å². The summed E-state index contributed by atoms with van der Waals surface area (Å²) >= 11 is 0. The van der Waals surface area contributed by atoms with Gasteiger partial charge in [0.05, 0.1) is 17.4 Å². The number of benzene rings is 1. The summed E-state index contributed by atoms with van der Waals surface area (Å²) in [5.74, 6) is 0.102. The number of hydrogen-bond acceptors (Lipinski definition) is 2. The Kier molecular flexibility index (Phi) is 2.90. The van der Waals surface area contributed by atoms with Crippen molar-refractivity contribution in [3.05, 3.63) is 30.6 Å². The van der Waals surface area contributed by atoms with E-state index in [2.05, 4.69) is 4.98 Å². The molecule has 1 aromatic carbocycles. The molecule has 0 unspecified atom stereocenters. The molecule has 2 rings (SSSR count). The quantitative estimate of drug-likeness (QED) is 0.781. The Morgan fingerprint density at radius 2 is 2.19 bits per heavy atom. The molecule has 1 heterocycles. The van der Waals surface area contributed by atoms with Crippen LogP contribution in [0.3, 0.4) is 0 Å². The Morgan fingerprint density at radius 3 is 2.94 bits per heavy atom. The molecule has 2 aromatic rings. The van der Waals surface area contributed by atoms with E-state index in [0.29, 0.717) is 6.54 Å². The topological polar surface area (TPSA) is 38.1 Å². The van der Waals surface area contributed by atoms with Gasteiger partial charge in [0.25, 0.3) is 0 Å². The second-order valence-electron chi connectivity index (χ2n) is 3.77. The molecule has 0 atom stereocenters. The minimum atomic E-state index is 0.102. The molecule has 0 aliphatic rings. The number of fused-ring (bicyclic) bond motifs is 1. The van der Waals surface area contributed by atoms with Gasteiger partial charge < -0.3 is 9.47 Å². The normalized spacial score (nSPS) is 10.6. The van der Waals surface area contributed by atoms with Gasteiger partial charge in [-0.15, -0.1) is 0 Å². The first kappa shape index (κ1) is 10.7. The first-order valence-corrected chi connectivity index (χ1v) is 5.36. The van der Waals surface area contributed by atoms with Gasteiger partial charge in [0.2, 0.25) is 5.91 Å². The van der Waals surface area contributed by atoms with E-state index in [9.17, 15) is 4.79 Å². The summed E-state index contributed by atoms with van der Waals surface area (Å²) in [6.07, 6.45) is 1.71. The van der Waals surface area contributed by atoms with Gasteiger partial charge >= 0.3 is 0 Å². The van der Waals surface area contributed by atoms with Crippen molar-refractivity contribution < 1.29 is 4.79 Å². The maximum absolute atomic E-state index is 11.8. The Morgan fingerprint density at radius 1 is 1.44 bits per heavy atom. The van der Waals surface area contributed by atoms with Crippen LogP contribution in [0.5, 0.6) is 0 Å². The summed E-state index contributed by atoms with van der Waals surface area (Å²) in [4.78, 5) is 17.7. The van der Waals surface area contributed by atoms with Crippen LogP contribution >= 0.6 is 0 Å². The zero-order valence-electron chi connectivity index (χ0n) is 9.55. The third-order valence-corrected chi connectivity index (χ3v) is 2.73. The summed E-state index contributed by atoms with van der Waals surface area (Å²) < 4.78 is 1.88. The molecule has 4 heteroatoms. The van der Waals surface area contributed by atoms with Crippen LogP contribution in [0, 0.1) is 0 Å². The highest BCUT2D eigenvalue weighted by Gasteiger charge is 2.09. The standard InChI is InChI=1S/C12H15N3O/c1-3-14(2)12(16)8-15-9-13-10-6-4-5-7-11(10)15/h4-7,9H,3,8H2,1-2H3. The van der Waals surface area contributed by atoms with E-state index in [1.807, 2.05) is 35.8 Å². The number of aromatic nitrogens is 2. The predicted molar refractivity (Wildman–Crippen MR) is 63.0 cm³/mol. The number of hydrogen-bond donors (Lipinski definition) is 0. The molecule has 1 amide bonds. The number of carbonyl (C=O) groups is 1. The van der Waals surface area contributed by atoms with Gasteiger partial charge in [-0.2, -0.15) is 0 Å². The molecular formula is C12H15N3O. The van der Waals surface area contributed by atoms with Crippen molar-refractivity contribution >= 4 is 16.9 Å². The van der Waals surface area contributed by atoms with E-state index < -0.39 is 0 Å². The van der Waals surface area contributed by atoms with Crippen molar-refractivity contribution in [2.75, 3.05) is 13.6 Å². The zero-order chi connectivity index (χ0) is 11.5. The minimum Gasteiger partial charge on any atom is -0.344 e. The molecule has 16 heavy (non-hydrogen) atoms. The maximum Gasteiger partial charge on any atom is 0.242 e. The van der Waals surface area contributed by atoms with Crippen LogP contribution in [0.2, 0.25) is 0 Å². The highest BCUT2D eigenvalue weighted by atomic mass is 16.2. The van der Waals surface area contributed by atoms with Crippen LogP contribution in [0.4, 0.5) is 0 Å². The maximum atomic E-state index is 11.8. The van der Waals surface area contributed by atoms with Gasteiger partial charge in [-0.3, -0.25) is 4.79 Å². The highest BCUT2D eigenvalue weighted by Crippen LogP contribution is 2.11. The third kappa shape index (κ3) is 1.91. The lowest BCUT2D eigenvalue weighted by atomic mass is 10.3. The number of rotatable bonds is 3. The van der Waals surface area contributed by atoms with Gasteiger partial charge in [0.15, 0.2) is 0 Å². The monoisotopic (exact) mass is 217 g/mol. The number of nitrogens with zero attached hydrogens (tertiary/aromatic N) is 3. The molecule has 0 aliphatic heterocycles. The summed E-state index contributed by atoms with van der Waals surface area (Å²) in [5, 5.41) is 0. The van der Waals surface area contributed by atoms with Gasteiger partial charge in [-0.05, 0) is 19.1 Å². The van der Waals surface area contributed by atoms with Crippen molar-refractivity contribution in [2.45, 2.75) is 13.5 Å². The lowest BCUT2D eigenvalue weighted by molar-refractivity contribution is -0.130. The fourth-order valence-electron chi connectivity index (χ4n) is 1.58. The molecule has 0 radical (unpaired) electrons. The van der Waals surface area contributed by atoms with E-state index >= 15 is 0 Å². The van der Waals surface area contributed by atoms with Gasteiger partial charge in [0.1, 0.15) is 6.54 Å². The van der Waals surface area contributed by atoms with Crippen molar-refractivity contribution in [3.8, 4) is 0 Å². The van der Waals surface area contributed by atoms with Crippen molar-refractivity contribution in [1.82, 2.24) is 14.5 Å². The number of imidazole rings is 1. The Hall–Kier alpha value is -1.84. The van der Waals surface area contributed by atoms with E-state index in [0.717, 1.165) is 17.6 Å². The third-order valence-electron chi connectivity index (χ3n) is 2.73. The molecule has 0 aliphatic carbocycles. The van der Waals surface area contributed by atoms with Gasteiger partial charge in [-0.25, -0.2) is 4.98 Å². The Labute approximate surface area is 94.5 Å². The largest absolute Gasteiger partial charge is 0.344 e.